The van der Waals surface area contributed by atoms with E-state index in [0.29, 0.717) is 6.54 Å². The van der Waals surface area contributed by atoms with Crippen LogP contribution in [0.1, 0.15) is 31.0 Å². The fourth-order valence-electron chi connectivity index (χ4n) is 3.79. The molecule has 1 aliphatic heterocycles. The molecule has 0 fully saturated rings. The first-order valence-electron chi connectivity index (χ1n) is 8.85. The van der Waals surface area contributed by atoms with Gasteiger partial charge in [0, 0.05) is 39.8 Å². The number of carbonyl (C=O) groups excluding carboxylic acids is 1. The second-order valence-corrected chi connectivity index (χ2v) is 7.31. The number of para-hydroxylation sites is 1. The Morgan fingerprint density at radius 1 is 1.08 bits per heavy atom. The molecule has 0 bridgehead atoms. The van der Waals surface area contributed by atoms with E-state index in [-0.39, 0.29) is 11.9 Å². The molecule has 0 saturated carbocycles. The summed E-state index contributed by atoms with van der Waals surface area (Å²) in [6.45, 7) is 4.68. The summed E-state index contributed by atoms with van der Waals surface area (Å²) in [5.74, 6) is 0.131. The van der Waals surface area contributed by atoms with Crippen molar-refractivity contribution in [3.05, 3.63) is 82.0 Å². The predicted molar refractivity (Wildman–Crippen MR) is 106 cm³/mol. The first kappa shape index (κ1) is 16.9. The average Bonchev–Trinajstić information content (AvgIpc) is 3.16. The number of H-pyrrole nitrogens is 1. The monoisotopic (exact) mass is 364 g/mol. The molecule has 26 heavy (non-hydrogen) atoms. The van der Waals surface area contributed by atoms with Gasteiger partial charge in [-0.2, -0.15) is 0 Å². The number of nitrogens with one attached hydrogen (secondary N) is 1. The number of aromatic amines is 1. The molecule has 2 aromatic carbocycles. The summed E-state index contributed by atoms with van der Waals surface area (Å²) in [5.41, 5.74) is 5.44. The zero-order chi connectivity index (χ0) is 18.3. The molecule has 1 aromatic heterocycles. The van der Waals surface area contributed by atoms with Gasteiger partial charge in [0.15, 0.2) is 0 Å². The number of amides is 1. The molecular formula is C22H21ClN2O. The van der Waals surface area contributed by atoms with Gasteiger partial charge in [-0.15, -0.1) is 0 Å². The summed E-state index contributed by atoms with van der Waals surface area (Å²) in [5, 5.41) is 1.91. The Hall–Kier alpha value is -2.52. The Kier molecular flexibility index (Phi) is 4.33. The van der Waals surface area contributed by atoms with Crippen LogP contribution in [0, 0.1) is 0 Å². The number of halogens is 1. The number of aromatic nitrogens is 1. The van der Waals surface area contributed by atoms with E-state index < -0.39 is 0 Å². The molecule has 0 saturated heterocycles. The summed E-state index contributed by atoms with van der Waals surface area (Å²) < 4.78 is 0. The molecular weight excluding hydrogens is 344 g/mol. The van der Waals surface area contributed by atoms with Crippen LogP contribution in [0.3, 0.4) is 0 Å². The molecule has 4 heteroatoms. The number of benzene rings is 2. The molecule has 3 aromatic rings. The summed E-state index contributed by atoms with van der Waals surface area (Å²) in [4.78, 5) is 18.2. The molecule has 3 nitrogen and oxygen atoms in total. The van der Waals surface area contributed by atoms with Gasteiger partial charge >= 0.3 is 0 Å². The number of hydrogen-bond donors (Lipinski definition) is 1. The van der Waals surface area contributed by atoms with Crippen LogP contribution >= 0.6 is 11.6 Å². The number of carbonyl (C=O) groups is 1. The molecule has 1 N–H and O–H groups in total. The number of nitrogens with zero attached hydrogens (tertiary/aromatic N) is 1. The molecule has 0 unspecified atom stereocenters. The molecule has 0 radical (unpaired) electrons. The zero-order valence-corrected chi connectivity index (χ0v) is 15.7. The van der Waals surface area contributed by atoms with Crippen molar-refractivity contribution in [1.29, 1.82) is 0 Å². The van der Waals surface area contributed by atoms with Crippen molar-refractivity contribution in [3.63, 3.8) is 0 Å². The van der Waals surface area contributed by atoms with Crippen LogP contribution in [0.15, 0.2) is 65.9 Å². The minimum Gasteiger partial charge on any atom is -0.361 e. The normalized spacial score (nSPS) is 17.6. The van der Waals surface area contributed by atoms with Crippen LogP contribution in [0.5, 0.6) is 0 Å². The highest BCUT2D eigenvalue weighted by molar-refractivity contribution is 6.30. The minimum atomic E-state index is -0.00838. The summed E-state index contributed by atoms with van der Waals surface area (Å²) in [6.07, 6.45) is 2.85. The lowest BCUT2D eigenvalue weighted by Crippen LogP contribution is -2.32. The maximum atomic E-state index is 12.9. The summed E-state index contributed by atoms with van der Waals surface area (Å²) in [6, 6.07) is 16.1. The highest BCUT2D eigenvalue weighted by atomic mass is 35.5. The lowest BCUT2D eigenvalue weighted by Gasteiger charge is -2.26. The fourth-order valence-corrected chi connectivity index (χ4v) is 3.92. The van der Waals surface area contributed by atoms with Crippen molar-refractivity contribution >= 4 is 28.4 Å². The number of rotatable bonds is 4. The third kappa shape index (κ3) is 2.82. The minimum absolute atomic E-state index is 0.00838. The lowest BCUT2D eigenvalue weighted by molar-refractivity contribution is -0.127. The van der Waals surface area contributed by atoms with E-state index in [1.807, 2.05) is 54.4 Å². The Morgan fingerprint density at radius 3 is 2.58 bits per heavy atom. The van der Waals surface area contributed by atoms with Gasteiger partial charge in [-0.05, 0) is 49.6 Å². The molecule has 0 spiro atoms. The van der Waals surface area contributed by atoms with Gasteiger partial charge in [-0.1, -0.05) is 41.9 Å². The first-order valence-corrected chi connectivity index (χ1v) is 9.23. The topological polar surface area (TPSA) is 36.1 Å². The first-order chi connectivity index (χ1) is 12.6. The molecule has 1 atom stereocenters. The van der Waals surface area contributed by atoms with Gasteiger partial charge in [0.1, 0.15) is 0 Å². The fraction of sp³-hybridized carbons (Fsp3) is 0.227. The van der Waals surface area contributed by atoms with E-state index in [4.69, 9.17) is 11.6 Å². The summed E-state index contributed by atoms with van der Waals surface area (Å²) in [7, 11) is 0. The second-order valence-electron chi connectivity index (χ2n) is 6.88. The quantitative estimate of drug-likeness (QED) is 0.671. The van der Waals surface area contributed by atoms with Crippen molar-refractivity contribution < 1.29 is 4.79 Å². The van der Waals surface area contributed by atoms with E-state index in [1.54, 1.807) is 0 Å². The van der Waals surface area contributed by atoms with Crippen molar-refractivity contribution in [1.82, 2.24) is 9.88 Å². The highest BCUT2D eigenvalue weighted by Crippen LogP contribution is 2.40. The Bertz CT molecular complexity index is 1000. The van der Waals surface area contributed by atoms with Crippen LogP contribution in [0.4, 0.5) is 0 Å². The smallest absolute Gasteiger partial charge is 0.250 e. The molecule has 132 valence electrons. The van der Waals surface area contributed by atoms with Crippen LogP contribution in [-0.4, -0.2) is 22.3 Å². The average molecular weight is 365 g/mol. The third-order valence-electron chi connectivity index (χ3n) is 5.37. The van der Waals surface area contributed by atoms with Gasteiger partial charge in [-0.25, -0.2) is 0 Å². The molecule has 4 rings (SSSR count). The van der Waals surface area contributed by atoms with Crippen LogP contribution in [-0.2, 0) is 11.2 Å². The number of fused-ring (bicyclic) bond motifs is 1. The van der Waals surface area contributed by atoms with Crippen molar-refractivity contribution in [2.24, 2.45) is 0 Å². The van der Waals surface area contributed by atoms with E-state index in [1.165, 1.54) is 16.5 Å². The van der Waals surface area contributed by atoms with Gasteiger partial charge in [0.25, 0.3) is 0 Å². The second kappa shape index (κ2) is 6.65. The van der Waals surface area contributed by atoms with Gasteiger partial charge < -0.3 is 9.88 Å². The largest absolute Gasteiger partial charge is 0.361 e. The van der Waals surface area contributed by atoms with Crippen LogP contribution < -0.4 is 0 Å². The van der Waals surface area contributed by atoms with Crippen LogP contribution in [0.2, 0.25) is 5.02 Å². The van der Waals surface area contributed by atoms with E-state index in [2.05, 4.69) is 24.0 Å². The van der Waals surface area contributed by atoms with E-state index in [9.17, 15) is 4.79 Å². The van der Waals surface area contributed by atoms with Crippen molar-refractivity contribution in [3.8, 4) is 0 Å². The Balaban J connectivity index is 1.66. The van der Waals surface area contributed by atoms with Crippen molar-refractivity contribution in [2.45, 2.75) is 26.3 Å². The van der Waals surface area contributed by atoms with Gasteiger partial charge in [-0.3, -0.25) is 4.79 Å². The predicted octanol–water partition coefficient (Wildman–Crippen LogP) is 5.28. The Morgan fingerprint density at radius 2 is 1.81 bits per heavy atom. The zero-order valence-electron chi connectivity index (χ0n) is 14.9. The van der Waals surface area contributed by atoms with E-state index in [0.717, 1.165) is 28.1 Å². The van der Waals surface area contributed by atoms with E-state index >= 15 is 0 Å². The van der Waals surface area contributed by atoms with Gasteiger partial charge in [0.05, 0.1) is 6.04 Å². The molecule has 1 aliphatic rings. The highest BCUT2D eigenvalue weighted by Gasteiger charge is 2.36. The molecule has 0 aliphatic carbocycles. The maximum Gasteiger partial charge on any atom is 0.250 e. The summed E-state index contributed by atoms with van der Waals surface area (Å²) >= 11 is 5.97. The third-order valence-corrected chi connectivity index (χ3v) is 5.62. The Labute approximate surface area is 158 Å². The SMILES string of the molecule is CC1=C(C)[C@@H](c2c[nH]c3ccccc23)N(CCc2ccc(Cl)cc2)C1=O. The van der Waals surface area contributed by atoms with Crippen molar-refractivity contribution in [2.75, 3.05) is 6.54 Å². The molecule has 1 amide bonds. The standard InChI is InChI=1S/C22H21ClN2O/c1-14-15(2)22(26)25(12-11-16-7-9-17(23)10-8-16)21(14)19-13-24-20-6-4-3-5-18(19)20/h3-10,13,21,24H,11-12H2,1-2H3/t21-/m0/s1. The van der Waals surface area contributed by atoms with Crippen LogP contribution in [0.25, 0.3) is 10.9 Å². The molecule has 2 heterocycles. The maximum absolute atomic E-state index is 12.9. The van der Waals surface area contributed by atoms with Gasteiger partial charge in [0.2, 0.25) is 5.91 Å². The number of hydrogen-bond acceptors (Lipinski definition) is 1. The lowest BCUT2D eigenvalue weighted by atomic mass is 9.98.